The fraction of sp³-hybridized carbons (Fsp3) is 0.625. The SMILES string of the molecule is CCCNC(C)c1ccc(OCCOCCC)cc1Cl. The molecule has 1 aromatic carbocycles. The third-order valence-corrected chi connectivity index (χ3v) is 3.31. The first kappa shape index (κ1) is 17.3. The Labute approximate surface area is 127 Å². The van der Waals surface area contributed by atoms with Crippen molar-refractivity contribution in [3.8, 4) is 5.75 Å². The third kappa shape index (κ3) is 6.12. The summed E-state index contributed by atoms with van der Waals surface area (Å²) in [5, 5.41) is 4.17. The van der Waals surface area contributed by atoms with Crippen molar-refractivity contribution in [3.63, 3.8) is 0 Å². The molecule has 1 unspecified atom stereocenters. The highest BCUT2D eigenvalue weighted by molar-refractivity contribution is 6.31. The number of nitrogens with one attached hydrogen (secondary N) is 1. The van der Waals surface area contributed by atoms with E-state index >= 15 is 0 Å². The van der Waals surface area contributed by atoms with Gasteiger partial charge in [-0.25, -0.2) is 0 Å². The second-order valence-corrected chi connectivity index (χ2v) is 5.23. The van der Waals surface area contributed by atoms with Crippen LogP contribution in [0.2, 0.25) is 5.02 Å². The van der Waals surface area contributed by atoms with Crippen LogP contribution >= 0.6 is 11.6 Å². The number of hydrogen-bond acceptors (Lipinski definition) is 3. The molecule has 0 bridgehead atoms. The molecule has 0 heterocycles. The predicted octanol–water partition coefficient (Wildman–Crippen LogP) is 4.21. The summed E-state index contributed by atoms with van der Waals surface area (Å²) in [5.41, 5.74) is 1.11. The quantitative estimate of drug-likeness (QED) is 0.657. The van der Waals surface area contributed by atoms with E-state index in [4.69, 9.17) is 21.1 Å². The first-order valence-corrected chi connectivity index (χ1v) is 7.80. The molecule has 1 atom stereocenters. The summed E-state index contributed by atoms with van der Waals surface area (Å²) < 4.78 is 11.0. The Kier molecular flexibility index (Phi) is 8.67. The van der Waals surface area contributed by atoms with Gasteiger partial charge in [-0.05, 0) is 44.0 Å². The summed E-state index contributed by atoms with van der Waals surface area (Å²) in [4.78, 5) is 0. The fourth-order valence-electron chi connectivity index (χ4n) is 1.88. The summed E-state index contributed by atoms with van der Waals surface area (Å²) >= 11 is 6.31. The Morgan fingerprint density at radius 3 is 2.60 bits per heavy atom. The van der Waals surface area contributed by atoms with Gasteiger partial charge in [-0.2, -0.15) is 0 Å². The number of benzene rings is 1. The maximum absolute atomic E-state index is 6.31. The summed E-state index contributed by atoms with van der Waals surface area (Å²) in [6, 6.07) is 6.12. The van der Waals surface area contributed by atoms with E-state index in [-0.39, 0.29) is 6.04 Å². The lowest BCUT2D eigenvalue weighted by atomic mass is 10.1. The van der Waals surface area contributed by atoms with Crippen molar-refractivity contribution in [1.82, 2.24) is 5.32 Å². The molecule has 0 aliphatic carbocycles. The Morgan fingerprint density at radius 1 is 1.15 bits per heavy atom. The highest BCUT2D eigenvalue weighted by atomic mass is 35.5. The van der Waals surface area contributed by atoms with E-state index in [0.717, 1.165) is 42.3 Å². The molecule has 114 valence electrons. The van der Waals surface area contributed by atoms with Crippen molar-refractivity contribution < 1.29 is 9.47 Å². The van der Waals surface area contributed by atoms with Gasteiger partial charge in [0.25, 0.3) is 0 Å². The average Bonchev–Trinajstić information content (AvgIpc) is 2.44. The Bertz CT molecular complexity index is 385. The number of rotatable bonds is 10. The molecule has 1 N–H and O–H groups in total. The largest absolute Gasteiger partial charge is 0.491 e. The van der Waals surface area contributed by atoms with Crippen LogP contribution in [0.1, 0.15) is 45.2 Å². The van der Waals surface area contributed by atoms with Crippen molar-refractivity contribution >= 4 is 11.6 Å². The van der Waals surface area contributed by atoms with Crippen molar-refractivity contribution in [2.24, 2.45) is 0 Å². The van der Waals surface area contributed by atoms with Gasteiger partial charge in [0, 0.05) is 17.7 Å². The number of hydrogen-bond donors (Lipinski definition) is 1. The summed E-state index contributed by atoms with van der Waals surface area (Å²) in [6.45, 7) is 9.30. The van der Waals surface area contributed by atoms with Crippen LogP contribution in [0.4, 0.5) is 0 Å². The molecule has 0 amide bonds. The van der Waals surface area contributed by atoms with E-state index < -0.39 is 0 Å². The van der Waals surface area contributed by atoms with Gasteiger partial charge in [0.2, 0.25) is 0 Å². The molecule has 0 aliphatic heterocycles. The molecule has 4 heteroatoms. The van der Waals surface area contributed by atoms with Gasteiger partial charge in [-0.3, -0.25) is 0 Å². The zero-order valence-corrected chi connectivity index (χ0v) is 13.5. The van der Waals surface area contributed by atoms with Crippen molar-refractivity contribution in [3.05, 3.63) is 28.8 Å². The van der Waals surface area contributed by atoms with Crippen LogP contribution in [0.15, 0.2) is 18.2 Å². The maximum Gasteiger partial charge on any atom is 0.120 e. The van der Waals surface area contributed by atoms with Crippen LogP contribution in [-0.2, 0) is 4.74 Å². The molecule has 0 saturated carbocycles. The molecule has 0 aliphatic rings. The van der Waals surface area contributed by atoms with Crippen LogP contribution in [0.25, 0.3) is 0 Å². The third-order valence-electron chi connectivity index (χ3n) is 2.98. The van der Waals surface area contributed by atoms with Gasteiger partial charge in [-0.1, -0.05) is 31.5 Å². The van der Waals surface area contributed by atoms with Gasteiger partial charge in [0.1, 0.15) is 12.4 Å². The minimum absolute atomic E-state index is 0.254. The second kappa shape index (κ2) is 10.0. The normalized spacial score (nSPS) is 12.4. The summed E-state index contributed by atoms with van der Waals surface area (Å²) in [5.74, 6) is 0.793. The molecular formula is C16H26ClNO2. The molecular weight excluding hydrogens is 274 g/mol. The molecule has 0 aromatic heterocycles. The highest BCUT2D eigenvalue weighted by Crippen LogP contribution is 2.27. The number of halogens is 1. The zero-order chi connectivity index (χ0) is 14.8. The molecule has 0 fully saturated rings. The van der Waals surface area contributed by atoms with Gasteiger partial charge in [0.15, 0.2) is 0 Å². The van der Waals surface area contributed by atoms with Crippen LogP contribution in [0.5, 0.6) is 5.75 Å². The molecule has 20 heavy (non-hydrogen) atoms. The lowest BCUT2D eigenvalue weighted by Crippen LogP contribution is -2.19. The predicted molar refractivity (Wildman–Crippen MR) is 84.8 cm³/mol. The van der Waals surface area contributed by atoms with Crippen LogP contribution in [0.3, 0.4) is 0 Å². The van der Waals surface area contributed by atoms with E-state index in [0.29, 0.717) is 13.2 Å². The van der Waals surface area contributed by atoms with Gasteiger partial charge in [0.05, 0.1) is 6.61 Å². The van der Waals surface area contributed by atoms with Gasteiger partial charge < -0.3 is 14.8 Å². The Balaban J connectivity index is 2.46. The lowest BCUT2D eigenvalue weighted by Gasteiger charge is -2.16. The second-order valence-electron chi connectivity index (χ2n) is 4.82. The zero-order valence-electron chi connectivity index (χ0n) is 12.7. The smallest absolute Gasteiger partial charge is 0.120 e. The highest BCUT2D eigenvalue weighted by Gasteiger charge is 2.09. The van der Waals surface area contributed by atoms with Crippen molar-refractivity contribution in [1.29, 1.82) is 0 Å². The van der Waals surface area contributed by atoms with E-state index in [1.807, 2.05) is 18.2 Å². The Morgan fingerprint density at radius 2 is 1.95 bits per heavy atom. The molecule has 0 radical (unpaired) electrons. The first-order chi connectivity index (χ1) is 9.69. The fourth-order valence-corrected chi connectivity index (χ4v) is 2.22. The summed E-state index contributed by atoms with van der Waals surface area (Å²) in [7, 11) is 0. The Hall–Kier alpha value is -0.770. The van der Waals surface area contributed by atoms with Crippen LogP contribution in [0, 0.1) is 0 Å². The number of ether oxygens (including phenoxy) is 2. The standard InChI is InChI=1S/C16H26ClNO2/c1-4-8-18-13(3)15-7-6-14(12-16(15)17)20-11-10-19-9-5-2/h6-7,12-13,18H,4-5,8-11H2,1-3H3. The van der Waals surface area contributed by atoms with Crippen molar-refractivity contribution in [2.75, 3.05) is 26.4 Å². The maximum atomic E-state index is 6.31. The van der Waals surface area contributed by atoms with E-state index in [2.05, 4.69) is 26.1 Å². The first-order valence-electron chi connectivity index (χ1n) is 7.42. The topological polar surface area (TPSA) is 30.5 Å². The average molecular weight is 300 g/mol. The molecule has 3 nitrogen and oxygen atoms in total. The van der Waals surface area contributed by atoms with Crippen LogP contribution in [-0.4, -0.2) is 26.4 Å². The molecule has 1 rings (SSSR count). The van der Waals surface area contributed by atoms with E-state index in [9.17, 15) is 0 Å². The molecule has 0 spiro atoms. The van der Waals surface area contributed by atoms with Gasteiger partial charge >= 0.3 is 0 Å². The minimum Gasteiger partial charge on any atom is -0.491 e. The van der Waals surface area contributed by atoms with Crippen LogP contribution < -0.4 is 10.1 Å². The molecule has 1 aromatic rings. The minimum atomic E-state index is 0.254. The van der Waals surface area contributed by atoms with E-state index in [1.54, 1.807) is 0 Å². The monoisotopic (exact) mass is 299 g/mol. The van der Waals surface area contributed by atoms with Crippen molar-refractivity contribution in [2.45, 2.75) is 39.7 Å². The van der Waals surface area contributed by atoms with E-state index in [1.165, 1.54) is 0 Å². The summed E-state index contributed by atoms with van der Waals surface area (Å²) in [6.07, 6.45) is 2.14. The molecule has 0 saturated heterocycles. The van der Waals surface area contributed by atoms with Gasteiger partial charge in [-0.15, -0.1) is 0 Å². The lowest BCUT2D eigenvalue weighted by molar-refractivity contribution is 0.101.